The van der Waals surface area contributed by atoms with E-state index >= 15 is 0 Å². The number of pyridine rings is 1. The second-order valence-electron chi connectivity index (χ2n) is 4.61. The highest BCUT2D eigenvalue weighted by atomic mass is 32.1. The summed E-state index contributed by atoms with van der Waals surface area (Å²) in [5.41, 5.74) is 0.537. The molecule has 0 saturated heterocycles. The second kappa shape index (κ2) is 7.03. The Hall–Kier alpha value is -2.15. The van der Waals surface area contributed by atoms with Gasteiger partial charge in [0.2, 0.25) is 5.88 Å². The van der Waals surface area contributed by atoms with Gasteiger partial charge in [0, 0.05) is 29.7 Å². The lowest BCUT2D eigenvalue weighted by molar-refractivity contribution is 0.251. The van der Waals surface area contributed by atoms with Crippen molar-refractivity contribution >= 4 is 23.1 Å². The van der Waals surface area contributed by atoms with E-state index in [2.05, 4.69) is 20.6 Å². The number of urea groups is 1. The number of nitrogens with one attached hydrogen (secondary N) is 2. The number of carbonyl (C=O) groups excluding carboxylic acids is 1. The van der Waals surface area contributed by atoms with Crippen LogP contribution in [0.2, 0.25) is 0 Å². The van der Waals surface area contributed by atoms with Gasteiger partial charge in [-0.2, -0.15) is 0 Å². The van der Waals surface area contributed by atoms with Gasteiger partial charge in [-0.05, 0) is 19.1 Å². The minimum atomic E-state index is -0.290. The van der Waals surface area contributed by atoms with E-state index in [0.717, 1.165) is 5.01 Å². The number of hydrogen-bond acceptors (Lipinski definition) is 5. The number of aryl methyl sites for hydroxylation is 1. The summed E-state index contributed by atoms with van der Waals surface area (Å²) < 4.78 is 5.08. The third-order valence-electron chi connectivity index (χ3n) is 2.84. The zero-order chi connectivity index (χ0) is 15.2. The van der Waals surface area contributed by atoms with Crippen LogP contribution in [0.15, 0.2) is 24.5 Å². The molecule has 0 fully saturated rings. The third-order valence-corrected chi connectivity index (χ3v) is 3.99. The summed E-state index contributed by atoms with van der Waals surface area (Å²) in [5, 5.41) is 6.56. The summed E-state index contributed by atoms with van der Waals surface area (Å²) in [4.78, 5) is 21.4. The van der Waals surface area contributed by atoms with Crippen LogP contribution >= 0.6 is 11.3 Å². The molecular formula is C14H18N4O2S. The SMILES string of the molecule is COc1ncccc1NC(=O)NC[C@@H](C)c1ncc(C)s1. The number of anilines is 1. The number of amides is 2. The molecule has 0 spiro atoms. The Morgan fingerprint density at radius 1 is 1.48 bits per heavy atom. The summed E-state index contributed by atoms with van der Waals surface area (Å²) in [6.07, 6.45) is 3.45. The highest BCUT2D eigenvalue weighted by Gasteiger charge is 2.12. The van der Waals surface area contributed by atoms with E-state index in [1.807, 2.05) is 20.0 Å². The molecule has 0 aliphatic rings. The number of hydrogen-bond donors (Lipinski definition) is 2. The zero-order valence-electron chi connectivity index (χ0n) is 12.2. The Labute approximate surface area is 127 Å². The van der Waals surface area contributed by atoms with Gasteiger partial charge >= 0.3 is 6.03 Å². The fraction of sp³-hybridized carbons (Fsp3) is 0.357. The minimum Gasteiger partial charge on any atom is -0.480 e. The largest absolute Gasteiger partial charge is 0.480 e. The quantitative estimate of drug-likeness (QED) is 0.890. The van der Waals surface area contributed by atoms with E-state index in [1.54, 1.807) is 29.7 Å². The van der Waals surface area contributed by atoms with Crippen LogP contribution < -0.4 is 15.4 Å². The molecule has 0 aliphatic carbocycles. The molecule has 1 atom stereocenters. The van der Waals surface area contributed by atoms with Gasteiger partial charge in [-0.25, -0.2) is 14.8 Å². The molecule has 2 heterocycles. The number of methoxy groups -OCH3 is 1. The lowest BCUT2D eigenvalue weighted by Gasteiger charge is -2.12. The summed E-state index contributed by atoms with van der Waals surface area (Å²) in [6.45, 7) is 4.56. The molecule has 0 radical (unpaired) electrons. The normalized spacial score (nSPS) is 11.8. The molecule has 2 N–H and O–H groups in total. The van der Waals surface area contributed by atoms with Crippen LogP contribution in [0.1, 0.15) is 22.7 Å². The molecule has 112 valence electrons. The maximum atomic E-state index is 11.9. The van der Waals surface area contributed by atoms with Crippen molar-refractivity contribution in [1.29, 1.82) is 0 Å². The standard InChI is InChI=1S/C14H18N4O2S/c1-9(13-16-8-10(2)21-13)7-17-14(19)18-11-5-4-6-15-12(11)20-3/h4-6,8-9H,7H2,1-3H3,(H2,17,18,19)/t9-/m1/s1. The van der Waals surface area contributed by atoms with Gasteiger partial charge in [0.15, 0.2) is 0 Å². The van der Waals surface area contributed by atoms with E-state index in [0.29, 0.717) is 18.1 Å². The van der Waals surface area contributed by atoms with Crippen LogP contribution in [-0.2, 0) is 0 Å². The van der Waals surface area contributed by atoms with Crippen molar-refractivity contribution in [2.45, 2.75) is 19.8 Å². The van der Waals surface area contributed by atoms with Gasteiger partial charge in [-0.3, -0.25) is 0 Å². The van der Waals surface area contributed by atoms with Crippen LogP contribution in [0.4, 0.5) is 10.5 Å². The fourth-order valence-electron chi connectivity index (χ4n) is 1.75. The van der Waals surface area contributed by atoms with Crippen LogP contribution in [-0.4, -0.2) is 29.7 Å². The van der Waals surface area contributed by atoms with Gasteiger partial charge in [0.25, 0.3) is 0 Å². The fourth-order valence-corrected chi connectivity index (χ4v) is 2.57. The first-order valence-corrected chi connectivity index (χ1v) is 7.38. The monoisotopic (exact) mass is 306 g/mol. The van der Waals surface area contributed by atoms with E-state index < -0.39 is 0 Å². The molecule has 2 amide bonds. The van der Waals surface area contributed by atoms with Crippen molar-refractivity contribution in [2.75, 3.05) is 19.0 Å². The molecule has 7 heteroatoms. The summed E-state index contributed by atoms with van der Waals surface area (Å²) >= 11 is 1.64. The molecule has 0 aliphatic heterocycles. The summed E-state index contributed by atoms with van der Waals surface area (Å²) in [7, 11) is 1.51. The maximum absolute atomic E-state index is 11.9. The number of rotatable bonds is 5. The highest BCUT2D eigenvalue weighted by molar-refractivity contribution is 7.11. The molecule has 0 saturated carbocycles. The summed E-state index contributed by atoms with van der Waals surface area (Å²) in [6, 6.07) is 3.18. The average molecular weight is 306 g/mol. The number of aromatic nitrogens is 2. The van der Waals surface area contributed by atoms with E-state index in [4.69, 9.17) is 4.74 Å². The lowest BCUT2D eigenvalue weighted by Crippen LogP contribution is -2.31. The molecule has 2 aromatic heterocycles. The van der Waals surface area contributed by atoms with E-state index in [-0.39, 0.29) is 11.9 Å². The average Bonchev–Trinajstić information content (AvgIpc) is 2.92. The van der Waals surface area contributed by atoms with Crippen LogP contribution in [0.25, 0.3) is 0 Å². The van der Waals surface area contributed by atoms with Crippen LogP contribution in [0.3, 0.4) is 0 Å². The molecule has 2 aromatic rings. The molecular weight excluding hydrogens is 288 g/mol. The van der Waals surface area contributed by atoms with Gasteiger partial charge in [0.05, 0.1) is 12.1 Å². The maximum Gasteiger partial charge on any atom is 0.319 e. The van der Waals surface area contributed by atoms with Gasteiger partial charge < -0.3 is 15.4 Å². The summed E-state index contributed by atoms with van der Waals surface area (Å²) in [5.74, 6) is 0.557. The van der Waals surface area contributed by atoms with Gasteiger partial charge in [-0.1, -0.05) is 6.92 Å². The Morgan fingerprint density at radius 2 is 2.29 bits per heavy atom. The van der Waals surface area contributed by atoms with Crippen molar-refractivity contribution in [3.8, 4) is 5.88 Å². The minimum absolute atomic E-state index is 0.172. The van der Waals surface area contributed by atoms with E-state index in [1.165, 1.54) is 12.0 Å². The van der Waals surface area contributed by atoms with Gasteiger partial charge in [-0.15, -0.1) is 11.3 Å². The first-order chi connectivity index (χ1) is 10.1. The van der Waals surface area contributed by atoms with Crippen molar-refractivity contribution in [3.63, 3.8) is 0 Å². The highest BCUT2D eigenvalue weighted by Crippen LogP contribution is 2.21. The van der Waals surface area contributed by atoms with Crippen LogP contribution in [0, 0.1) is 6.92 Å². The van der Waals surface area contributed by atoms with E-state index in [9.17, 15) is 4.79 Å². The van der Waals surface area contributed by atoms with Crippen molar-refractivity contribution in [2.24, 2.45) is 0 Å². The molecule has 0 unspecified atom stereocenters. The number of ether oxygens (including phenoxy) is 1. The second-order valence-corrected chi connectivity index (χ2v) is 5.87. The van der Waals surface area contributed by atoms with Crippen molar-refractivity contribution < 1.29 is 9.53 Å². The third kappa shape index (κ3) is 4.16. The first kappa shape index (κ1) is 15.2. The smallest absolute Gasteiger partial charge is 0.319 e. The predicted molar refractivity (Wildman–Crippen MR) is 83.1 cm³/mol. The number of nitrogens with zero attached hydrogens (tertiary/aromatic N) is 2. The topological polar surface area (TPSA) is 76.1 Å². The Kier molecular flexibility index (Phi) is 5.10. The molecule has 6 nitrogen and oxygen atoms in total. The van der Waals surface area contributed by atoms with Gasteiger partial charge in [0.1, 0.15) is 5.69 Å². The Morgan fingerprint density at radius 3 is 2.95 bits per heavy atom. The lowest BCUT2D eigenvalue weighted by atomic mass is 10.2. The molecule has 0 aromatic carbocycles. The van der Waals surface area contributed by atoms with Crippen LogP contribution in [0.5, 0.6) is 5.88 Å². The molecule has 0 bridgehead atoms. The Bertz CT molecular complexity index is 615. The molecule has 21 heavy (non-hydrogen) atoms. The zero-order valence-corrected chi connectivity index (χ0v) is 13.0. The number of thiazole rings is 1. The number of carbonyl (C=O) groups is 1. The molecule has 2 rings (SSSR count). The Balaban J connectivity index is 1.87. The van der Waals surface area contributed by atoms with Crippen molar-refractivity contribution in [1.82, 2.24) is 15.3 Å². The van der Waals surface area contributed by atoms with Crippen molar-refractivity contribution in [3.05, 3.63) is 34.4 Å². The first-order valence-electron chi connectivity index (χ1n) is 6.56. The predicted octanol–water partition coefficient (Wildman–Crippen LogP) is 2.78.